The second-order valence-corrected chi connectivity index (χ2v) is 4.91. The predicted octanol–water partition coefficient (Wildman–Crippen LogP) is 3.10. The van der Waals surface area contributed by atoms with Crippen molar-refractivity contribution >= 4 is 0 Å². The highest BCUT2D eigenvalue weighted by Gasteiger charge is 2.41. The molecule has 0 aromatic heterocycles. The summed E-state index contributed by atoms with van der Waals surface area (Å²) in [6.07, 6.45) is 0.238. The van der Waals surface area contributed by atoms with Crippen LogP contribution < -0.4 is 4.74 Å². The van der Waals surface area contributed by atoms with Gasteiger partial charge in [-0.15, -0.1) is 0 Å². The maximum absolute atomic E-state index is 5.62. The molecule has 1 atom stereocenters. The van der Waals surface area contributed by atoms with Gasteiger partial charge in [0.15, 0.2) is 0 Å². The second kappa shape index (κ2) is 3.53. The van der Waals surface area contributed by atoms with E-state index in [9.17, 15) is 0 Å². The zero-order valence-electron chi connectivity index (χ0n) is 9.83. The fourth-order valence-corrected chi connectivity index (χ4v) is 2.11. The molecule has 2 nitrogen and oxygen atoms in total. The molecule has 1 aliphatic rings. The first-order chi connectivity index (χ1) is 7.04. The number of hydrogen-bond acceptors (Lipinski definition) is 2. The molecule has 15 heavy (non-hydrogen) atoms. The molecule has 0 amide bonds. The third-order valence-electron chi connectivity index (χ3n) is 3.05. The van der Waals surface area contributed by atoms with Gasteiger partial charge in [0.05, 0.1) is 19.8 Å². The van der Waals surface area contributed by atoms with Crippen molar-refractivity contribution in [1.82, 2.24) is 0 Å². The Hall–Kier alpha value is -1.02. The van der Waals surface area contributed by atoms with Gasteiger partial charge in [0.25, 0.3) is 0 Å². The molecule has 1 aliphatic heterocycles. The van der Waals surface area contributed by atoms with Crippen LogP contribution in [0.4, 0.5) is 0 Å². The van der Waals surface area contributed by atoms with Crippen LogP contribution in [0.15, 0.2) is 18.2 Å². The molecule has 0 N–H and O–H groups in total. The van der Waals surface area contributed by atoms with Crippen molar-refractivity contribution < 1.29 is 9.47 Å². The van der Waals surface area contributed by atoms with E-state index in [1.807, 2.05) is 6.07 Å². The molecule has 1 aromatic rings. The number of ether oxygens (including phenoxy) is 2. The summed E-state index contributed by atoms with van der Waals surface area (Å²) < 4.78 is 10.9. The van der Waals surface area contributed by atoms with Gasteiger partial charge in [-0.3, -0.25) is 0 Å². The predicted molar refractivity (Wildman–Crippen MR) is 60.2 cm³/mol. The molecular formula is C13H18O2. The number of hydrogen-bond donors (Lipinski definition) is 0. The number of aryl methyl sites for hydroxylation is 1. The summed E-state index contributed by atoms with van der Waals surface area (Å²) in [6.45, 7) is 7.39. The SMILES string of the molecule is COc1ccc(C2OCC2(C)C)cc1C. The Balaban J connectivity index is 2.27. The Kier molecular flexibility index (Phi) is 2.47. The lowest BCUT2D eigenvalue weighted by Crippen LogP contribution is -2.40. The average Bonchev–Trinajstić information content (AvgIpc) is 2.17. The minimum absolute atomic E-state index is 0.238. The molecule has 1 unspecified atom stereocenters. The van der Waals surface area contributed by atoms with E-state index in [2.05, 4.69) is 32.9 Å². The van der Waals surface area contributed by atoms with Crippen LogP contribution in [0.1, 0.15) is 31.1 Å². The highest BCUT2D eigenvalue weighted by Crippen LogP contribution is 2.46. The summed E-state index contributed by atoms with van der Waals surface area (Å²) >= 11 is 0. The van der Waals surface area contributed by atoms with Gasteiger partial charge in [-0.2, -0.15) is 0 Å². The Bertz CT molecular complexity index is 369. The standard InChI is InChI=1S/C13H18O2/c1-9-7-10(5-6-11(9)14-4)12-13(2,3)8-15-12/h5-7,12H,8H2,1-4H3. The quantitative estimate of drug-likeness (QED) is 0.740. The largest absolute Gasteiger partial charge is 0.496 e. The van der Waals surface area contributed by atoms with Gasteiger partial charge in [-0.1, -0.05) is 19.9 Å². The molecule has 2 heteroatoms. The van der Waals surface area contributed by atoms with Crippen LogP contribution in [0, 0.1) is 12.3 Å². The monoisotopic (exact) mass is 206 g/mol. The first-order valence-electron chi connectivity index (χ1n) is 5.31. The molecule has 82 valence electrons. The summed E-state index contributed by atoms with van der Waals surface area (Å²) in [5, 5.41) is 0. The summed E-state index contributed by atoms with van der Waals surface area (Å²) in [5.74, 6) is 0.941. The van der Waals surface area contributed by atoms with Gasteiger partial charge in [0.1, 0.15) is 5.75 Å². The normalized spacial score (nSPS) is 23.3. The number of rotatable bonds is 2. The number of methoxy groups -OCH3 is 1. The van der Waals surface area contributed by atoms with Crippen LogP contribution >= 0.6 is 0 Å². The van der Waals surface area contributed by atoms with E-state index in [1.165, 1.54) is 11.1 Å². The highest BCUT2D eigenvalue weighted by atomic mass is 16.5. The number of benzene rings is 1. The van der Waals surface area contributed by atoms with Crippen molar-refractivity contribution in [2.24, 2.45) is 5.41 Å². The van der Waals surface area contributed by atoms with E-state index in [0.29, 0.717) is 0 Å². The van der Waals surface area contributed by atoms with Gasteiger partial charge in [0, 0.05) is 5.41 Å². The molecule has 0 radical (unpaired) electrons. The molecule has 0 saturated carbocycles. The van der Waals surface area contributed by atoms with Crippen LogP contribution in [0.5, 0.6) is 5.75 Å². The highest BCUT2D eigenvalue weighted by molar-refractivity contribution is 5.38. The summed E-state index contributed by atoms with van der Waals surface area (Å²) in [6, 6.07) is 6.27. The van der Waals surface area contributed by atoms with Crippen molar-refractivity contribution in [3.8, 4) is 5.75 Å². The third-order valence-corrected chi connectivity index (χ3v) is 3.05. The van der Waals surface area contributed by atoms with Crippen LogP contribution in [-0.4, -0.2) is 13.7 Å². The molecule has 0 spiro atoms. The molecule has 1 saturated heterocycles. The lowest BCUT2D eigenvalue weighted by molar-refractivity contribution is -0.172. The topological polar surface area (TPSA) is 18.5 Å². The van der Waals surface area contributed by atoms with Crippen molar-refractivity contribution in [3.05, 3.63) is 29.3 Å². The zero-order chi connectivity index (χ0) is 11.1. The fourth-order valence-electron chi connectivity index (χ4n) is 2.11. The van der Waals surface area contributed by atoms with E-state index < -0.39 is 0 Å². The summed E-state index contributed by atoms with van der Waals surface area (Å²) in [5.41, 5.74) is 2.69. The van der Waals surface area contributed by atoms with E-state index in [4.69, 9.17) is 9.47 Å². The fraction of sp³-hybridized carbons (Fsp3) is 0.538. The van der Waals surface area contributed by atoms with Crippen LogP contribution in [-0.2, 0) is 4.74 Å². The zero-order valence-corrected chi connectivity index (χ0v) is 9.83. The molecule has 1 heterocycles. The third kappa shape index (κ3) is 1.74. The minimum atomic E-state index is 0.238. The Morgan fingerprint density at radius 2 is 2.13 bits per heavy atom. The summed E-state index contributed by atoms with van der Waals surface area (Å²) in [4.78, 5) is 0. The van der Waals surface area contributed by atoms with Gasteiger partial charge in [-0.25, -0.2) is 0 Å². The maximum atomic E-state index is 5.62. The van der Waals surface area contributed by atoms with E-state index >= 15 is 0 Å². The molecule has 0 aliphatic carbocycles. The Morgan fingerprint density at radius 1 is 1.40 bits per heavy atom. The van der Waals surface area contributed by atoms with E-state index in [-0.39, 0.29) is 11.5 Å². The van der Waals surface area contributed by atoms with Crippen LogP contribution in [0.25, 0.3) is 0 Å². The first kappa shape index (κ1) is 10.5. The molecular weight excluding hydrogens is 188 g/mol. The van der Waals surface area contributed by atoms with Crippen LogP contribution in [0.2, 0.25) is 0 Å². The minimum Gasteiger partial charge on any atom is -0.496 e. The van der Waals surface area contributed by atoms with E-state index in [0.717, 1.165) is 12.4 Å². The molecule has 2 rings (SSSR count). The first-order valence-corrected chi connectivity index (χ1v) is 5.31. The van der Waals surface area contributed by atoms with Gasteiger partial charge < -0.3 is 9.47 Å². The smallest absolute Gasteiger partial charge is 0.121 e. The average molecular weight is 206 g/mol. The van der Waals surface area contributed by atoms with Crippen molar-refractivity contribution in [2.45, 2.75) is 26.9 Å². The van der Waals surface area contributed by atoms with Gasteiger partial charge in [0.2, 0.25) is 0 Å². The Labute approximate surface area is 91.2 Å². The van der Waals surface area contributed by atoms with Crippen LogP contribution in [0.3, 0.4) is 0 Å². The van der Waals surface area contributed by atoms with Gasteiger partial charge >= 0.3 is 0 Å². The molecule has 1 fully saturated rings. The van der Waals surface area contributed by atoms with Crippen molar-refractivity contribution in [2.75, 3.05) is 13.7 Å². The summed E-state index contributed by atoms with van der Waals surface area (Å²) in [7, 11) is 1.70. The molecule has 0 bridgehead atoms. The molecule has 1 aromatic carbocycles. The van der Waals surface area contributed by atoms with Crippen molar-refractivity contribution in [1.29, 1.82) is 0 Å². The second-order valence-electron chi connectivity index (χ2n) is 4.91. The van der Waals surface area contributed by atoms with Crippen molar-refractivity contribution in [3.63, 3.8) is 0 Å². The van der Waals surface area contributed by atoms with E-state index in [1.54, 1.807) is 7.11 Å². The Morgan fingerprint density at radius 3 is 2.53 bits per heavy atom. The maximum Gasteiger partial charge on any atom is 0.121 e. The lowest BCUT2D eigenvalue weighted by Gasteiger charge is -2.44. The van der Waals surface area contributed by atoms with Gasteiger partial charge in [-0.05, 0) is 30.2 Å². The lowest BCUT2D eigenvalue weighted by atomic mass is 9.78.